The number of aromatic hydroxyl groups is 1. The predicted octanol–water partition coefficient (Wildman–Crippen LogP) is 5.74. The Morgan fingerprint density at radius 1 is 1.16 bits per heavy atom. The number of rotatable bonds is 7. The fraction of sp³-hybridized carbons (Fsp3) is 0.417. The van der Waals surface area contributed by atoms with Crippen LogP contribution in [0, 0.1) is 5.82 Å². The number of halogens is 1. The van der Waals surface area contributed by atoms with E-state index in [0.717, 1.165) is 31.2 Å². The van der Waals surface area contributed by atoms with E-state index in [9.17, 15) is 14.7 Å². The van der Waals surface area contributed by atoms with Crippen LogP contribution in [0.2, 0.25) is 0 Å². The van der Waals surface area contributed by atoms with Gasteiger partial charge in [-0.05, 0) is 37.3 Å². The lowest BCUT2D eigenvalue weighted by Gasteiger charge is -2.35. The van der Waals surface area contributed by atoms with Gasteiger partial charge in [-0.15, -0.1) is 0 Å². The van der Waals surface area contributed by atoms with Crippen LogP contribution in [0.1, 0.15) is 56.2 Å². The average molecular weight is 445 g/mol. The third kappa shape index (κ3) is 5.90. The number of amides is 2. The summed E-state index contributed by atoms with van der Waals surface area (Å²) in [4.78, 5) is 26.1. The van der Waals surface area contributed by atoms with Crippen LogP contribution in [-0.2, 0) is 16.1 Å². The SMILES string of the molecule is CCCCOC(=O)N1CCCCC1c1ccc(NC(=O)OCc2ccccc2)c(O)c1F. The number of hydrogen-bond donors (Lipinski definition) is 2. The van der Waals surface area contributed by atoms with Crippen molar-refractivity contribution < 1.29 is 28.6 Å². The quantitative estimate of drug-likeness (QED) is 0.420. The molecule has 7 nitrogen and oxygen atoms in total. The van der Waals surface area contributed by atoms with Crippen molar-refractivity contribution >= 4 is 17.9 Å². The first-order valence-electron chi connectivity index (χ1n) is 10.9. The number of nitrogens with one attached hydrogen (secondary N) is 1. The molecule has 172 valence electrons. The fourth-order valence-electron chi connectivity index (χ4n) is 3.67. The molecule has 2 aromatic rings. The number of hydrogen-bond acceptors (Lipinski definition) is 5. The summed E-state index contributed by atoms with van der Waals surface area (Å²) in [5, 5.41) is 12.7. The Kier molecular flexibility index (Phi) is 8.30. The van der Waals surface area contributed by atoms with Gasteiger partial charge >= 0.3 is 12.2 Å². The van der Waals surface area contributed by atoms with Gasteiger partial charge in [-0.25, -0.2) is 14.0 Å². The van der Waals surface area contributed by atoms with Crippen molar-refractivity contribution in [3.05, 3.63) is 59.4 Å². The van der Waals surface area contributed by atoms with E-state index in [1.165, 1.54) is 17.0 Å². The van der Waals surface area contributed by atoms with Crippen LogP contribution in [0.15, 0.2) is 42.5 Å². The van der Waals surface area contributed by atoms with Crippen molar-refractivity contribution in [2.45, 2.75) is 51.7 Å². The molecule has 1 heterocycles. The Morgan fingerprint density at radius 2 is 1.94 bits per heavy atom. The maximum Gasteiger partial charge on any atom is 0.412 e. The largest absolute Gasteiger partial charge is 0.503 e. The number of piperidine rings is 1. The van der Waals surface area contributed by atoms with E-state index >= 15 is 4.39 Å². The van der Waals surface area contributed by atoms with Crippen molar-refractivity contribution in [3.63, 3.8) is 0 Å². The molecule has 0 spiro atoms. The van der Waals surface area contributed by atoms with Crippen LogP contribution < -0.4 is 5.32 Å². The van der Waals surface area contributed by atoms with E-state index in [-0.39, 0.29) is 17.9 Å². The summed E-state index contributed by atoms with van der Waals surface area (Å²) in [6.45, 7) is 2.83. The van der Waals surface area contributed by atoms with Crippen molar-refractivity contribution in [2.75, 3.05) is 18.5 Å². The zero-order chi connectivity index (χ0) is 22.9. The van der Waals surface area contributed by atoms with Crippen LogP contribution >= 0.6 is 0 Å². The van der Waals surface area contributed by atoms with Crippen molar-refractivity contribution in [3.8, 4) is 5.75 Å². The van der Waals surface area contributed by atoms with Crippen molar-refractivity contribution in [2.24, 2.45) is 0 Å². The Morgan fingerprint density at radius 3 is 2.69 bits per heavy atom. The van der Waals surface area contributed by atoms with Gasteiger partial charge in [0.2, 0.25) is 0 Å². The highest BCUT2D eigenvalue weighted by Gasteiger charge is 2.32. The van der Waals surface area contributed by atoms with Gasteiger partial charge in [0.1, 0.15) is 6.61 Å². The minimum absolute atomic E-state index is 0.0468. The lowest BCUT2D eigenvalue weighted by atomic mass is 9.94. The van der Waals surface area contributed by atoms with E-state index in [0.29, 0.717) is 19.6 Å². The second kappa shape index (κ2) is 11.4. The molecular weight excluding hydrogens is 415 g/mol. The molecule has 2 amide bonds. The Balaban J connectivity index is 1.68. The molecule has 8 heteroatoms. The molecule has 0 aliphatic carbocycles. The molecule has 2 N–H and O–H groups in total. The molecule has 1 fully saturated rings. The van der Waals surface area contributed by atoms with Crippen LogP contribution in [0.4, 0.5) is 19.7 Å². The van der Waals surface area contributed by atoms with Gasteiger partial charge in [0.15, 0.2) is 11.6 Å². The third-order valence-corrected chi connectivity index (χ3v) is 5.42. The Hall–Kier alpha value is -3.29. The zero-order valence-corrected chi connectivity index (χ0v) is 18.2. The molecule has 1 aliphatic rings. The minimum Gasteiger partial charge on any atom is -0.503 e. The number of benzene rings is 2. The van der Waals surface area contributed by atoms with E-state index in [1.54, 1.807) is 0 Å². The maximum atomic E-state index is 15.1. The summed E-state index contributed by atoms with van der Waals surface area (Å²) < 4.78 is 25.5. The molecule has 0 saturated carbocycles. The first-order valence-corrected chi connectivity index (χ1v) is 10.9. The first kappa shape index (κ1) is 23.4. The average Bonchev–Trinajstić information content (AvgIpc) is 2.82. The number of phenols is 1. The van der Waals surface area contributed by atoms with Crippen LogP contribution in [0.25, 0.3) is 0 Å². The number of anilines is 1. The van der Waals surface area contributed by atoms with Gasteiger partial charge in [-0.1, -0.05) is 49.7 Å². The second-order valence-electron chi connectivity index (χ2n) is 7.72. The number of nitrogens with zero attached hydrogens (tertiary/aromatic N) is 1. The highest BCUT2D eigenvalue weighted by molar-refractivity contribution is 5.86. The Bertz CT molecular complexity index is 922. The number of likely N-dealkylation sites (tertiary alicyclic amines) is 1. The van der Waals surface area contributed by atoms with E-state index in [1.807, 2.05) is 37.3 Å². The van der Waals surface area contributed by atoms with E-state index < -0.39 is 29.8 Å². The predicted molar refractivity (Wildman–Crippen MR) is 118 cm³/mol. The van der Waals surface area contributed by atoms with Crippen LogP contribution in [-0.4, -0.2) is 35.3 Å². The van der Waals surface area contributed by atoms with Gasteiger partial charge in [0.05, 0.1) is 18.3 Å². The monoisotopic (exact) mass is 444 g/mol. The molecule has 0 aromatic heterocycles. The van der Waals surface area contributed by atoms with Gasteiger partial charge in [0.25, 0.3) is 0 Å². The van der Waals surface area contributed by atoms with Gasteiger partial charge < -0.3 is 19.5 Å². The smallest absolute Gasteiger partial charge is 0.412 e. The molecule has 1 aliphatic heterocycles. The first-order chi connectivity index (χ1) is 15.5. The van der Waals surface area contributed by atoms with Crippen LogP contribution in [0.5, 0.6) is 5.75 Å². The maximum absolute atomic E-state index is 15.1. The van der Waals surface area contributed by atoms with Gasteiger partial charge in [-0.3, -0.25) is 5.32 Å². The standard InChI is InChI=1S/C24H29FN2O5/c1-2-3-15-31-24(30)27-14-8-7-11-20(27)18-12-13-19(22(28)21(18)25)26-23(29)32-16-17-9-5-4-6-10-17/h4-6,9-10,12-13,20,28H,2-3,7-8,11,14-16H2,1H3,(H,26,29). The second-order valence-corrected chi connectivity index (χ2v) is 7.72. The van der Waals surface area contributed by atoms with Crippen LogP contribution in [0.3, 0.4) is 0 Å². The van der Waals surface area contributed by atoms with E-state index in [4.69, 9.17) is 9.47 Å². The highest BCUT2D eigenvalue weighted by atomic mass is 19.1. The molecular formula is C24H29FN2O5. The number of phenolic OH excluding ortho intramolecular Hbond substituents is 1. The summed E-state index contributed by atoms with van der Waals surface area (Å²) in [6, 6.07) is 11.5. The molecule has 32 heavy (non-hydrogen) atoms. The van der Waals surface area contributed by atoms with Crippen molar-refractivity contribution in [1.29, 1.82) is 0 Å². The lowest BCUT2D eigenvalue weighted by Crippen LogP contribution is -2.39. The highest BCUT2D eigenvalue weighted by Crippen LogP contribution is 2.38. The van der Waals surface area contributed by atoms with Gasteiger partial charge in [-0.2, -0.15) is 0 Å². The minimum atomic E-state index is -0.871. The summed E-state index contributed by atoms with van der Waals surface area (Å²) in [6.07, 6.45) is 2.57. The summed E-state index contributed by atoms with van der Waals surface area (Å²) in [5.74, 6) is -1.56. The molecule has 1 saturated heterocycles. The van der Waals surface area contributed by atoms with E-state index in [2.05, 4.69) is 5.32 Å². The molecule has 0 bridgehead atoms. The number of carbonyl (C=O) groups excluding carboxylic acids is 2. The number of unbranched alkanes of at least 4 members (excludes halogenated alkanes) is 1. The summed E-state index contributed by atoms with van der Waals surface area (Å²) in [7, 11) is 0. The summed E-state index contributed by atoms with van der Waals surface area (Å²) in [5.41, 5.74) is 0.895. The molecule has 1 unspecified atom stereocenters. The number of carbonyl (C=O) groups is 2. The summed E-state index contributed by atoms with van der Waals surface area (Å²) >= 11 is 0. The number of ether oxygens (including phenoxy) is 2. The Labute approximate surface area is 187 Å². The fourth-order valence-corrected chi connectivity index (χ4v) is 3.67. The van der Waals surface area contributed by atoms with Crippen molar-refractivity contribution in [1.82, 2.24) is 4.90 Å². The molecule has 2 aromatic carbocycles. The third-order valence-electron chi connectivity index (χ3n) is 5.42. The van der Waals surface area contributed by atoms with Gasteiger partial charge in [0, 0.05) is 12.1 Å². The lowest BCUT2D eigenvalue weighted by molar-refractivity contribution is 0.0711. The molecule has 1 atom stereocenters. The topological polar surface area (TPSA) is 88.1 Å². The normalized spacial score (nSPS) is 15.8. The molecule has 3 rings (SSSR count). The molecule has 0 radical (unpaired) electrons. The zero-order valence-electron chi connectivity index (χ0n) is 18.2.